The SMILES string of the molecule is COc1ccccc1CCNC(=NCC(=O)N(C)C)NC1CCCC1. The van der Waals surface area contributed by atoms with Gasteiger partial charge in [0.05, 0.1) is 7.11 Å². The molecule has 1 aliphatic rings. The fourth-order valence-electron chi connectivity index (χ4n) is 2.93. The monoisotopic (exact) mass is 346 g/mol. The van der Waals surface area contributed by atoms with Gasteiger partial charge in [-0.2, -0.15) is 0 Å². The average molecular weight is 346 g/mol. The maximum atomic E-state index is 11.8. The number of amides is 1. The highest BCUT2D eigenvalue weighted by atomic mass is 16.5. The van der Waals surface area contributed by atoms with Crippen LogP contribution in [0.5, 0.6) is 5.75 Å². The van der Waals surface area contributed by atoms with Gasteiger partial charge >= 0.3 is 0 Å². The van der Waals surface area contributed by atoms with E-state index in [0.29, 0.717) is 6.04 Å². The topological polar surface area (TPSA) is 66.0 Å². The van der Waals surface area contributed by atoms with Crippen LogP contribution in [0, 0.1) is 0 Å². The van der Waals surface area contributed by atoms with Crippen molar-refractivity contribution >= 4 is 11.9 Å². The largest absolute Gasteiger partial charge is 0.496 e. The number of benzene rings is 1. The summed E-state index contributed by atoms with van der Waals surface area (Å²) in [5.41, 5.74) is 1.15. The molecule has 0 bridgehead atoms. The Balaban J connectivity index is 1.92. The first kappa shape index (κ1) is 19.1. The van der Waals surface area contributed by atoms with Crippen LogP contribution in [0.4, 0.5) is 0 Å². The number of aliphatic imine (C=N–C) groups is 1. The van der Waals surface area contributed by atoms with E-state index in [0.717, 1.165) is 43.1 Å². The molecule has 25 heavy (non-hydrogen) atoms. The number of carbonyl (C=O) groups is 1. The molecule has 0 heterocycles. The zero-order chi connectivity index (χ0) is 18.1. The predicted molar refractivity (Wildman–Crippen MR) is 101 cm³/mol. The lowest BCUT2D eigenvalue weighted by molar-refractivity contribution is -0.127. The Bertz CT molecular complexity index is 581. The lowest BCUT2D eigenvalue weighted by Gasteiger charge is -2.18. The molecule has 0 aromatic heterocycles. The van der Waals surface area contributed by atoms with E-state index < -0.39 is 0 Å². The van der Waals surface area contributed by atoms with Gasteiger partial charge in [-0.3, -0.25) is 4.79 Å². The number of guanidine groups is 1. The Morgan fingerprint density at radius 2 is 2.00 bits per heavy atom. The minimum Gasteiger partial charge on any atom is -0.496 e. The Morgan fingerprint density at radius 1 is 1.28 bits per heavy atom. The van der Waals surface area contributed by atoms with Gasteiger partial charge in [0.25, 0.3) is 0 Å². The standard InChI is InChI=1S/C19H30N4O2/c1-23(2)18(24)14-21-19(22-16-9-5-6-10-16)20-13-12-15-8-4-7-11-17(15)25-3/h4,7-8,11,16H,5-6,9-10,12-14H2,1-3H3,(H2,20,21,22). The summed E-state index contributed by atoms with van der Waals surface area (Å²) >= 11 is 0. The molecule has 1 fully saturated rings. The molecule has 0 atom stereocenters. The molecule has 6 nitrogen and oxygen atoms in total. The summed E-state index contributed by atoms with van der Waals surface area (Å²) in [5, 5.41) is 6.82. The summed E-state index contributed by atoms with van der Waals surface area (Å²) in [5.74, 6) is 1.61. The molecule has 0 spiro atoms. The second-order valence-electron chi connectivity index (χ2n) is 6.57. The Hall–Kier alpha value is -2.24. The van der Waals surface area contributed by atoms with E-state index in [1.807, 2.05) is 18.2 Å². The van der Waals surface area contributed by atoms with Crippen molar-refractivity contribution in [2.45, 2.75) is 38.1 Å². The molecule has 0 saturated heterocycles. The highest BCUT2D eigenvalue weighted by Crippen LogP contribution is 2.18. The molecule has 1 amide bonds. The van der Waals surface area contributed by atoms with Gasteiger partial charge in [-0.15, -0.1) is 0 Å². The number of hydrogen-bond acceptors (Lipinski definition) is 3. The molecule has 1 saturated carbocycles. The Kier molecular flexibility index (Phi) is 7.57. The summed E-state index contributed by atoms with van der Waals surface area (Å²) in [6.45, 7) is 0.888. The van der Waals surface area contributed by atoms with E-state index >= 15 is 0 Å². The number of hydrogen-bond donors (Lipinski definition) is 2. The van der Waals surface area contributed by atoms with Gasteiger partial charge in [-0.25, -0.2) is 4.99 Å². The molecule has 0 aliphatic heterocycles. The summed E-state index contributed by atoms with van der Waals surface area (Å²) in [7, 11) is 5.18. The molecule has 0 radical (unpaired) electrons. The van der Waals surface area contributed by atoms with Crippen LogP contribution in [0.1, 0.15) is 31.2 Å². The molecular weight excluding hydrogens is 316 g/mol. The van der Waals surface area contributed by atoms with E-state index in [2.05, 4.69) is 21.7 Å². The molecular formula is C19H30N4O2. The number of methoxy groups -OCH3 is 1. The number of rotatable bonds is 7. The first-order valence-electron chi connectivity index (χ1n) is 8.97. The van der Waals surface area contributed by atoms with Gasteiger partial charge in [-0.1, -0.05) is 31.0 Å². The van der Waals surface area contributed by atoms with Crippen LogP contribution in [-0.2, 0) is 11.2 Å². The van der Waals surface area contributed by atoms with Crippen molar-refractivity contribution < 1.29 is 9.53 Å². The maximum absolute atomic E-state index is 11.8. The van der Waals surface area contributed by atoms with Crippen molar-refractivity contribution in [3.8, 4) is 5.75 Å². The van der Waals surface area contributed by atoms with Crippen LogP contribution in [0.2, 0.25) is 0 Å². The molecule has 138 valence electrons. The quantitative estimate of drug-likeness (QED) is 0.584. The molecule has 6 heteroatoms. The van der Waals surface area contributed by atoms with E-state index in [4.69, 9.17) is 4.74 Å². The Labute approximate surface area is 150 Å². The molecule has 2 rings (SSSR count). The highest BCUT2D eigenvalue weighted by Gasteiger charge is 2.16. The van der Waals surface area contributed by atoms with Crippen molar-refractivity contribution in [1.82, 2.24) is 15.5 Å². The first-order valence-corrected chi connectivity index (χ1v) is 8.97. The molecule has 0 unspecified atom stereocenters. The van der Waals surface area contributed by atoms with Crippen LogP contribution >= 0.6 is 0 Å². The number of nitrogens with one attached hydrogen (secondary N) is 2. The van der Waals surface area contributed by atoms with Crippen molar-refractivity contribution in [2.24, 2.45) is 4.99 Å². The predicted octanol–water partition coefficient (Wildman–Crippen LogP) is 1.80. The third kappa shape index (κ3) is 6.29. The third-order valence-electron chi connectivity index (χ3n) is 4.45. The molecule has 1 aromatic carbocycles. The van der Waals surface area contributed by atoms with Gasteiger partial charge in [0, 0.05) is 26.7 Å². The van der Waals surface area contributed by atoms with Crippen molar-refractivity contribution in [3.63, 3.8) is 0 Å². The number of nitrogens with zero attached hydrogens (tertiary/aromatic N) is 2. The van der Waals surface area contributed by atoms with E-state index in [1.165, 1.54) is 12.8 Å². The fraction of sp³-hybridized carbons (Fsp3) is 0.579. The van der Waals surface area contributed by atoms with Crippen LogP contribution in [-0.4, -0.2) is 57.1 Å². The number of ether oxygens (including phenoxy) is 1. The number of carbonyl (C=O) groups excluding carboxylic acids is 1. The molecule has 1 aromatic rings. The van der Waals surface area contributed by atoms with E-state index in [1.54, 1.807) is 26.1 Å². The highest BCUT2D eigenvalue weighted by molar-refractivity contribution is 5.84. The summed E-state index contributed by atoms with van der Waals surface area (Å²) in [4.78, 5) is 17.8. The smallest absolute Gasteiger partial charge is 0.243 e. The molecule has 2 N–H and O–H groups in total. The summed E-state index contributed by atoms with van der Waals surface area (Å²) in [6, 6.07) is 8.47. The summed E-state index contributed by atoms with van der Waals surface area (Å²) < 4.78 is 5.39. The van der Waals surface area contributed by atoms with Crippen LogP contribution in [0.15, 0.2) is 29.3 Å². The zero-order valence-corrected chi connectivity index (χ0v) is 15.5. The lowest BCUT2D eigenvalue weighted by Crippen LogP contribution is -2.43. The van der Waals surface area contributed by atoms with Crippen LogP contribution in [0.3, 0.4) is 0 Å². The van der Waals surface area contributed by atoms with Gasteiger partial charge in [0.15, 0.2) is 5.96 Å². The van der Waals surface area contributed by atoms with E-state index in [-0.39, 0.29) is 12.5 Å². The summed E-state index contributed by atoms with van der Waals surface area (Å²) in [6.07, 6.45) is 5.66. The normalized spacial score (nSPS) is 15.1. The second kappa shape index (κ2) is 9.91. The fourth-order valence-corrected chi connectivity index (χ4v) is 2.93. The maximum Gasteiger partial charge on any atom is 0.243 e. The van der Waals surface area contributed by atoms with Gasteiger partial charge in [-0.05, 0) is 30.9 Å². The van der Waals surface area contributed by atoms with Crippen molar-refractivity contribution in [3.05, 3.63) is 29.8 Å². The van der Waals surface area contributed by atoms with E-state index in [9.17, 15) is 4.79 Å². The van der Waals surface area contributed by atoms with Crippen LogP contribution < -0.4 is 15.4 Å². The zero-order valence-electron chi connectivity index (χ0n) is 15.5. The van der Waals surface area contributed by atoms with Gasteiger partial charge in [0.1, 0.15) is 12.3 Å². The second-order valence-corrected chi connectivity index (χ2v) is 6.57. The minimum absolute atomic E-state index is 0.00255. The lowest BCUT2D eigenvalue weighted by atomic mass is 10.1. The minimum atomic E-state index is -0.00255. The van der Waals surface area contributed by atoms with Crippen molar-refractivity contribution in [1.29, 1.82) is 0 Å². The average Bonchev–Trinajstić information content (AvgIpc) is 3.12. The van der Waals surface area contributed by atoms with Gasteiger partial charge < -0.3 is 20.3 Å². The number of para-hydroxylation sites is 1. The molecule has 1 aliphatic carbocycles. The van der Waals surface area contributed by atoms with Crippen LogP contribution in [0.25, 0.3) is 0 Å². The first-order chi connectivity index (χ1) is 12.1. The van der Waals surface area contributed by atoms with Gasteiger partial charge in [0.2, 0.25) is 5.91 Å². The Morgan fingerprint density at radius 3 is 2.68 bits per heavy atom. The third-order valence-corrected chi connectivity index (χ3v) is 4.45. The van der Waals surface area contributed by atoms with Crippen molar-refractivity contribution in [2.75, 3.05) is 34.3 Å². The number of likely N-dealkylation sites (N-methyl/N-ethyl adjacent to an activating group) is 1.